The summed E-state index contributed by atoms with van der Waals surface area (Å²) in [5.41, 5.74) is 1.59. The van der Waals surface area contributed by atoms with E-state index >= 15 is 0 Å². The normalized spacial score (nSPS) is 9.88. The number of esters is 1. The lowest BCUT2D eigenvalue weighted by atomic mass is 10.1. The zero-order chi connectivity index (χ0) is 13.0. The molecule has 0 atom stereocenters. The van der Waals surface area contributed by atoms with E-state index in [1.807, 2.05) is 13.0 Å². The molecule has 0 unspecified atom stereocenters. The van der Waals surface area contributed by atoms with Crippen molar-refractivity contribution in [2.75, 3.05) is 20.7 Å². The van der Waals surface area contributed by atoms with E-state index in [1.54, 1.807) is 19.2 Å². The number of carbonyl (C=O) groups is 2. The Morgan fingerprint density at radius 1 is 1.41 bits per heavy atom. The Balaban J connectivity index is 2.81. The molecule has 0 bridgehead atoms. The van der Waals surface area contributed by atoms with Crippen LogP contribution in [0.5, 0.6) is 0 Å². The summed E-state index contributed by atoms with van der Waals surface area (Å²) in [6, 6.07) is 5.32. The van der Waals surface area contributed by atoms with Gasteiger partial charge in [0.15, 0.2) is 0 Å². The van der Waals surface area contributed by atoms with Gasteiger partial charge in [-0.15, -0.1) is 0 Å². The Morgan fingerprint density at radius 2 is 2.06 bits per heavy atom. The molecule has 0 heterocycles. The molecular weight excluding hydrogens is 286 g/mol. The van der Waals surface area contributed by atoms with E-state index in [2.05, 4.69) is 20.7 Å². The lowest BCUT2D eigenvalue weighted by Crippen LogP contribution is -2.32. The number of methoxy groups -OCH3 is 1. The van der Waals surface area contributed by atoms with Crippen LogP contribution in [0.3, 0.4) is 0 Å². The summed E-state index contributed by atoms with van der Waals surface area (Å²) in [4.78, 5) is 24.3. The van der Waals surface area contributed by atoms with E-state index in [1.165, 1.54) is 12.0 Å². The molecule has 5 heteroatoms. The highest BCUT2D eigenvalue weighted by molar-refractivity contribution is 9.10. The van der Waals surface area contributed by atoms with Crippen molar-refractivity contribution in [3.8, 4) is 0 Å². The van der Waals surface area contributed by atoms with Crippen LogP contribution in [0.1, 0.15) is 15.9 Å². The standard InChI is InChI=1S/C12H14BrNO3/c1-8-4-5-9(6-10(8)13)12(16)14(2)7-11(15)17-3/h4-6H,7H2,1-3H3. The first-order valence-electron chi connectivity index (χ1n) is 5.04. The molecule has 1 aromatic carbocycles. The first-order valence-corrected chi connectivity index (χ1v) is 5.83. The first-order chi connectivity index (χ1) is 7.95. The van der Waals surface area contributed by atoms with Gasteiger partial charge in [-0.25, -0.2) is 0 Å². The third kappa shape index (κ3) is 3.56. The zero-order valence-electron chi connectivity index (χ0n) is 9.99. The van der Waals surface area contributed by atoms with Gasteiger partial charge < -0.3 is 9.64 Å². The van der Waals surface area contributed by atoms with E-state index in [0.29, 0.717) is 5.56 Å². The minimum atomic E-state index is -0.438. The maximum atomic E-state index is 12.0. The van der Waals surface area contributed by atoms with Gasteiger partial charge in [0.2, 0.25) is 0 Å². The van der Waals surface area contributed by atoms with Gasteiger partial charge in [0.25, 0.3) is 5.91 Å². The van der Waals surface area contributed by atoms with Crippen molar-refractivity contribution >= 4 is 27.8 Å². The Hall–Kier alpha value is -1.36. The molecule has 0 radical (unpaired) electrons. The number of aryl methyl sites for hydroxylation is 1. The molecule has 1 amide bonds. The summed E-state index contributed by atoms with van der Waals surface area (Å²) in [5.74, 6) is -0.650. The topological polar surface area (TPSA) is 46.6 Å². The average Bonchev–Trinajstić information content (AvgIpc) is 2.31. The molecule has 0 saturated heterocycles. The van der Waals surface area contributed by atoms with Gasteiger partial charge in [0.1, 0.15) is 6.54 Å². The lowest BCUT2D eigenvalue weighted by molar-refractivity contribution is -0.141. The number of nitrogens with zero attached hydrogens (tertiary/aromatic N) is 1. The second kappa shape index (κ2) is 5.82. The van der Waals surface area contributed by atoms with Crippen molar-refractivity contribution in [2.24, 2.45) is 0 Å². The minimum Gasteiger partial charge on any atom is -0.468 e. The Labute approximate surface area is 109 Å². The number of amides is 1. The monoisotopic (exact) mass is 299 g/mol. The number of ether oxygens (including phenoxy) is 1. The van der Waals surface area contributed by atoms with Crippen molar-refractivity contribution in [1.29, 1.82) is 0 Å². The summed E-state index contributed by atoms with van der Waals surface area (Å²) in [7, 11) is 2.86. The number of halogens is 1. The highest BCUT2D eigenvalue weighted by Gasteiger charge is 2.15. The summed E-state index contributed by atoms with van der Waals surface area (Å²) in [6.07, 6.45) is 0. The van der Waals surface area contributed by atoms with Gasteiger partial charge in [-0.05, 0) is 24.6 Å². The number of benzene rings is 1. The predicted octanol–water partition coefficient (Wildman–Crippen LogP) is 2.00. The molecule has 0 aliphatic carbocycles. The Morgan fingerprint density at radius 3 is 2.59 bits per heavy atom. The number of carbonyl (C=O) groups excluding carboxylic acids is 2. The first kappa shape index (κ1) is 13.7. The van der Waals surface area contributed by atoms with Crippen molar-refractivity contribution in [3.05, 3.63) is 33.8 Å². The molecule has 0 aromatic heterocycles. The maximum Gasteiger partial charge on any atom is 0.325 e. The van der Waals surface area contributed by atoms with Gasteiger partial charge in [-0.1, -0.05) is 22.0 Å². The van der Waals surface area contributed by atoms with Gasteiger partial charge in [0, 0.05) is 17.1 Å². The van der Waals surface area contributed by atoms with Crippen LogP contribution in [0.4, 0.5) is 0 Å². The molecule has 92 valence electrons. The SMILES string of the molecule is COC(=O)CN(C)C(=O)c1ccc(C)c(Br)c1. The van der Waals surface area contributed by atoms with Gasteiger partial charge in [-0.2, -0.15) is 0 Å². The maximum absolute atomic E-state index is 12.0. The molecule has 17 heavy (non-hydrogen) atoms. The lowest BCUT2D eigenvalue weighted by Gasteiger charge is -2.16. The third-order valence-corrected chi connectivity index (χ3v) is 3.21. The van der Waals surface area contributed by atoms with Crippen molar-refractivity contribution in [3.63, 3.8) is 0 Å². The van der Waals surface area contributed by atoms with Gasteiger partial charge >= 0.3 is 5.97 Å². The molecule has 0 saturated carbocycles. The van der Waals surface area contributed by atoms with E-state index in [0.717, 1.165) is 10.0 Å². The molecule has 0 N–H and O–H groups in total. The second-order valence-corrected chi connectivity index (χ2v) is 4.56. The van der Waals surface area contributed by atoms with Crippen molar-refractivity contribution in [2.45, 2.75) is 6.92 Å². The Kier molecular flexibility index (Phi) is 4.69. The largest absolute Gasteiger partial charge is 0.468 e. The van der Waals surface area contributed by atoms with E-state index in [9.17, 15) is 9.59 Å². The summed E-state index contributed by atoms with van der Waals surface area (Å²) < 4.78 is 5.38. The molecule has 4 nitrogen and oxygen atoms in total. The fourth-order valence-corrected chi connectivity index (χ4v) is 1.66. The Bertz CT molecular complexity index is 445. The van der Waals surface area contributed by atoms with E-state index < -0.39 is 5.97 Å². The number of likely N-dealkylation sites (N-methyl/N-ethyl adjacent to an activating group) is 1. The van der Waals surface area contributed by atoms with Crippen LogP contribution in [0.2, 0.25) is 0 Å². The number of hydrogen-bond donors (Lipinski definition) is 0. The molecule has 0 aliphatic rings. The van der Waals surface area contributed by atoms with Crippen LogP contribution in [0.25, 0.3) is 0 Å². The number of hydrogen-bond acceptors (Lipinski definition) is 3. The average molecular weight is 300 g/mol. The van der Waals surface area contributed by atoms with Crippen molar-refractivity contribution in [1.82, 2.24) is 4.90 Å². The molecular formula is C12H14BrNO3. The second-order valence-electron chi connectivity index (χ2n) is 3.70. The van der Waals surface area contributed by atoms with Crippen LogP contribution >= 0.6 is 15.9 Å². The molecule has 1 aromatic rings. The van der Waals surface area contributed by atoms with Crippen LogP contribution in [0, 0.1) is 6.92 Å². The molecule has 0 fully saturated rings. The third-order valence-electron chi connectivity index (χ3n) is 2.36. The smallest absolute Gasteiger partial charge is 0.325 e. The fourth-order valence-electron chi connectivity index (χ4n) is 1.28. The van der Waals surface area contributed by atoms with Crippen LogP contribution in [0.15, 0.2) is 22.7 Å². The molecule has 0 aliphatic heterocycles. The highest BCUT2D eigenvalue weighted by Crippen LogP contribution is 2.18. The van der Waals surface area contributed by atoms with Crippen LogP contribution < -0.4 is 0 Å². The van der Waals surface area contributed by atoms with Gasteiger partial charge in [-0.3, -0.25) is 9.59 Å². The highest BCUT2D eigenvalue weighted by atomic mass is 79.9. The predicted molar refractivity (Wildman–Crippen MR) is 67.9 cm³/mol. The minimum absolute atomic E-state index is 0.0547. The van der Waals surface area contributed by atoms with E-state index in [4.69, 9.17) is 0 Å². The number of rotatable bonds is 3. The van der Waals surface area contributed by atoms with Crippen molar-refractivity contribution < 1.29 is 14.3 Å². The quantitative estimate of drug-likeness (QED) is 0.802. The summed E-state index contributed by atoms with van der Waals surface area (Å²) >= 11 is 3.37. The van der Waals surface area contributed by atoms with E-state index in [-0.39, 0.29) is 12.5 Å². The van der Waals surface area contributed by atoms with Crippen LogP contribution in [-0.4, -0.2) is 37.5 Å². The van der Waals surface area contributed by atoms with Crippen LogP contribution in [-0.2, 0) is 9.53 Å². The zero-order valence-corrected chi connectivity index (χ0v) is 11.6. The molecule has 1 rings (SSSR count). The summed E-state index contributed by atoms with van der Waals surface area (Å²) in [5, 5.41) is 0. The molecule has 0 spiro atoms. The van der Waals surface area contributed by atoms with Gasteiger partial charge in [0.05, 0.1) is 7.11 Å². The fraction of sp³-hybridized carbons (Fsp3) is 0.333. The summed E-state index contributed by atoms with van der Waals surface area (Å²) in [6.45, 7) is 1.89.